The van der Waals surface area contributed by atoms with Crippen molar-refractivity contribution in [2.75, 3.05) is 33.9 Å². The molecular formula is C26H34IN5O2. The fraction of sp³-hybridized carbons (Fsp3) is 0.385. The van der Waals surface area contributed by atoms with Gasteiger partial charge in [0.2, 0.25) is 0 Å². The van der Waals surface area contributed by atoms with Crippen molar-refractivity contribution < 1.29 is 9.47 Å². The van der Waals surface area contributed by atoms with Crippen LogP contribution in [0.2, 0.25) is 0 Å². The van der Waals surface area contributed by atoms with E-state index in [1.54, 1.807) is 14.2 Å². The number of aliphatic imine (C=N–C) groups is 1. The Morgan fingerprint density at radius 3 is 2.62 bits per heavy atom. The molecule has 1 atom stereocenters. The molecule has 2 aromatic carbocycles. The highest BCUT2D eigenvalue weighted by Gasteiger charge is 2.23. The van der Waals surface area contributed by atoms with E-state index in [1.807, 2.05) is 24.4 Å². The lowest BCUT2D eigenvalue weighted by atomic mass is 10.1. The number of halogens is 1. The maximum atomic E-state index is 5.41. The van der Waals surface area contributed by atoms with E-state index in [9.17, 15) is 0 Å². The van der Waals surface area contributed by atoms with Crippen LogP contribution < -0.4 is 20.1 Å². The Bertz CT molecular complexity index is 1080. The first kappa shape index (κ1) is 26.0. The fourth-order valence-corrected chi connectivity index (χ4v) is 4.29. The first-order valence-electron chi connectivity index (χ1n) is 11.5. The van der Waals surface area contributed by atoms with Gasteiger partial charge < -0.3 is 20.1 Å². The quantitative estimate of drug-likeness (QED) is 0.239. The highest BCUT2D eigenvalue weighted by molar-refractivity contribution is 14.0. The molecule has 182 valence electrons. The van der Waals surface area contributed by atoms with E-state index in [1.165, 1.54) is 10.9 Å². The van der Waals surface area contributed by atoms with Crippen LogP contribution in [0.25, 0.3) is 10.8 Å². The lowest BCUT2D eigenvalue weighted by Crippen LogP contribution is -2.44. The summed E-state index contributed by atoms with van der Waals surface area (Å²) < 4.78 is 10.8. The van der Waals surface area contributed by atoms with Gasteiger partial charge in [0.05, 0.1) is 26.5 Å². The molecular weight excluding hydrogens is 541 g/mol. The van der Waals surface area contributed by atoms with Gasteiger partial charge in [0, 0.05) is 49.9 Å². The molecule has 8 heteroatoms. The van der Waals surface area contributed by atoms with E-state index >= 15 is 0 Å². The number of nitrogens with zero attached hydrogens (tertiary/aromatic N) is 3. The third-order valence-electron chi connectivity index (χ3n) is 5.92. The lowest BCUT2D eigenvalue weighted by Gasteiger charge is -2.19. The second kappa shape index (κ2) is 12.8. The summed E-state index contributed by atoms with van der Waals surface area (Å²) >= 11 is 0. The summed E-state index contributed by atoms with van der Waals surface area (Å²) in [5.41, 5.74) is 2.18. The van der Waals surface area contributed by atoms with Crippen LogP contribution in [0.1, 0.15) is 24.6 Å². The summed E-state index contributed by atoms with van der Waals surface area (Å²) in [6.07, 6.45) is 2.92. The Morgan fingerprint density at radius 2 is 1.88 bits per heavy atom. The molecule has 0 bridgehead atoms. The molecule has 1 fully saturated rings. The van der Waals surface area contributed by atoms with Crippen LogP contribution in [0.5, 0.6) is 11.5 Å². The molecule has 2 N–H and O–H groups in total. The number of nitrogens with one attached hydrogen (secondary N) is 2. The number of benzene rings is 2. The Hall–Kier alpha value is -2.59. The largest absolute Gasteiger partial charge is 0.497 e. The minimum absolute atomic E-state index is 0. The van der Waals surface area contributed by atoms with Crippen molar-refractivity contribution >= 4 is 40.7 Å². The van der Waals surface area contributed by atoms with E-state index in [0.29, 0.717) is 12.6 Å². The van der Waals surface area contributed by atoms with Gasteiger partial charge in [-0.15, -0.1) is 24.0 Å². The summed E-state index contributed by atoms with van der Waals surface area (Å²) in [4.78, 5) is 11.8. The second-order valence-electron chi connectivity index (χ2n) is 8.26. The molecule has 1 aromatic heterocycles. The molecule has 0 amide bonds. The summed E-state index contributed by atoms with van der Waals surface area (Å²) in [7, 11) is 3.37. The van der Waals surface area contributed by atoms with Crippen molar-refractivity contribution in [1.82, 2.24) is 20.5 Å². The lowest BCUT2D eigenvalue weighted by molar-refractivity contribution is 0.321. The minimum Gasteiger partial charge on any atom is -0.497 e. The molecule has 3 aromatic rings. The predicted octanol–water partition coefficient (Wildman–Crippen LogP) is 4.20. The summed E-state index contributed by atoms with van der Waals surface area (Å²) in [6, 6.07) is 16.8. The topological polar surface area (TPSA) is 71.0 Å². The van der Waals surface area contributed by atoms with Crippen molar-refractivity contribution in [2.24, 2.45) is 4.99 Å². The van der Waals surface area contributed by atoms with Crippen molar-refractivity contribution in [2.45, 2.75) is 32.5 Å². The molecule has 1 aliphatic heterocycles. The SMILES string of the molecule is CCNC(=NCc1nccc2ccccc12)NC1CCN(Cc2cc(OC)cc(OC)c2)C1.I. The number of pyridine rings is 1. The molecule has 1 aliphatic rings. The van der Waals surface area contributed by atoms with Crippen molar-refractivity contribution in [3.8, 4) is 11.5 Å². The number of rotatable bonds is 8. The number of fused-ring (bicyclic) bond motifs is 1. The zero-order chi connectivity index (χ0) is 23.0. The maximum absolute atomic E-state index is 5.41. The van der Waals surface area contributed by atoms with E-state index < -0.39 is 0 Å². The zero-order valence-electron chi connectivity index (χ0n) is 20.1. The van der Waals surface area contributed by atoms with Crippen molar-refractivity contribution in [3.05, 3.63) is 66.0 Å². The third-order valence-corrected chi connectivity index (χ3v) is 5.92. The van der Waals surface area contributed by atoms with Crippen molar-refractivity contribution in [3.63, 3.8) is 0 Å². The van der Waals surface area contributed by atoms with E-state index in [-0.39, 0.29) is 24.0 Å². The number of aromatic nitrogens is 1. The number of hydrogen-bond donors (Lipinski definition) is 2. The highest BCUT2D eigenvalue weighted by atomic mass is 127. The van der Waals surface area contributed by atoms with Gasteiger partial charge >= 0.3 is 0 Å². The van der Waals surface area contributed by atoms with Crippen LogP contribution in [-0.4, -0.2) is 55.7 Å². The van der Waals surface area contributed by atoms with E-state index in [2.05, 4.69) is 57.8 Å². The fourth-order valence-electron chi connectivity index (χ4n) is 4.29. The Balaban J connectivity index is 0.00000324. The van der Waals surface area contributed by atoms with Crippen LogP contribution in [0.15, 0.2) is 59.7 Å². The third kappa shape index (κ3) is 6.73. The molecule has 1 unspecified atom stereocenters. The van der Waals surface area contributed by atoms with E-state index in [4.69, 9.17) is 14.5 Å². The molecule has 4 rings (SSSR count). The molecule has 0 spiro atoms. The van der Waals surface area contributed by atoms with Gasteiger partial charge in [-0.05, 0) is 42.5 Å². The Morgan fingerprint density at radius 1 is 1.12 bits per heavy atom. The molecule has 0 saturated carbocycles. The molecule has 0 aliphatic carbocycles. The Labute approximate surface area is 219 Å². The monoisotopic (exact) mass is 575 g/mol. The Kier molecular flexibility index (Phi) is 9.76. The highest BCUT2D eigenvalue weighted by Crippen LogP contribution is 2.24. The van der Waals surface area contributed by atoms with Gasteiger partial charge in [0.25, 0.3) is 0 Å². The summed E-state index contributed by atoms with van der Waals surface area (Å²) in [5, 5.41) is 9.34. The van der Waals surface area contributed by atoms with Gasteiger partial charge in [0.1, 0.15) is 11.5 Å². The number of guanidine groups is 1. The van der Waals surface area contributed by atoms with Crippen LogP contribution >= 0.6 is 24.0 Å². The van der Waals surface area contributed by atoms with Crippen LogP contribution in [0.3, 0.4) is 0 Å². The second-order valence-corrected chi connectivity index (χ2v) is 8.26. The van der Waals surface area contributed by atoms with Crippen LogP contribution in [0.4, 0.5) is 0 Å². The number of hydrogen-bond acceptors (Lipinski definition) is 5. The van der Waals surface area contributed by atoms with Crippen LogP contribution in [-0.2, 0) is 13.1 Å². The molecule has 34 heavy (non-hydrogen) atoms. The minimum atomic E-state index is 0. The first-order chi connectivity index (χ1) is 16.2. The average Bonchev–Trinajstić information content (AvgIpc) is 3.28. The molecule has 7 nitrogen and oxygen atoms in total. The van der Waals surface area contributed by atoms with Crippen molar-refractivity contribution in [1.29, 1.82) is 0 Å². The van der Waals surface area contributed by atoms with Gasteiger partial charge in [0.15, 0.2) is 5.96 Å². The van der Waals surface area contributed by atoms with Gasteiger partial charge in [-0.1, -0.05) is 24.3 Å². The zero-order valence-corrected chi connectivity index (χ0v) is 22.4. The molecule has 0 radical (unpaired) electrons. The van der Waals surface area contributed by atoms with Gasteiger partial charge in [-0.3, -0.25) is 9.88 Å². The number of likely N-dealkylation sites (tertiary alicyclic amines) is 1. The predicted molar refractivity (Wildman–Crippen MR) is 148 cm³/mol. The maximum Gasteiger partial charge on any atom is 0.191 e. The normalized spacial score (nSPS) is 16.2. The summed E-state index contributed by atoms with van der Waals surface area (Å²) in [6.45, 7) is 6.29. The molecule has 2 heterocycles. The average molecular weight is 575 g/mol. The summed E-state index contributed by atoms with van der Waals surface area (Å²) in [5.74, 6) is 2.48. The molecule has 1 saturated heterocycles. The standard InChI is InChI=1S/C26H33N5O2.HI/c1-4-27-26(29-16-25-24-8-6-5-7-20(24)9-11-28-25)30-21-10-12-31(18-21)17-19-13-22(32-2)15-23(14-19)33-3;/h5-9,11,13-15,21H,4,10,12,16-18H2,1-3H3,(H2,27,29,30);1H. The van der Waals surface area contributed by atoms with E-state index in [0.717, 1.165) is 61.1 Å². The number of ether oxygens (including phenoxy) is 2. The number of methoxy groups -OCH3 is 2. The smallest absolute Gasteiger partial charge is 0.191 e. The van der Waals surface area contributed by atoms with Gasteiger partial charge in [-0.2, -0.15) is 0 Å². The van der Waals surface area contributed by atoms with Crippen LogP contribution in [0, 0.1) is 0 Å². The van der Waals surface area contributed by atoms with Gasteiger partial charge in [-0.25, -0.2) is 4.99 Å². The first-order valence-corrected chi connectivity index (χ1v) is 11.5.